The van der Waals surface area contributed by atoms with Crippen LogP contribution in [0, 0.1) is 0 Å². The molecule has 1 N–H and O–H groups in total. The van der Waals surface area contributed by atoms with Gasteiger partial charge < -0.3 is 14.6 Å². The molecule has 1 saturated heterocycles. The molecule has 23 heavy (non-hydrogen) atoms. The van der Waals surface area contributed by atoms with Gasteiger partial charge in [-0.15, -0.1) is 0 Å². The second-order valence-electron chi connectivity index (χ2n) is 6.27. The summed E-state index contributed by atoms with van der Waals surface area (Å²) in [5, 5.41) is 9.54. The second kappa shape index (κ2) is 5.33. The van der Waals surface area contributed by atoms with Gasteiger partial charge in [0, 0.05) is 31.5 Å². The van der Waals surface area contributed by atoms with Crippen LogP contribution in [0.5, 0.6) is 0 Å². The second-order valence-corrected chi connectivity index (χ2v) is 6.27. The van der Waals surface area contributed by atoms with Gasteiger partial charge in [-0.25, -0.2) is 9.78 Å². The average molecular weight is 314 g/mol. The summed E-state index contributed by atoms with van der Waals surface area (Å²) in [7, 11) is 0. The standard InChI is InChI=1S/C16H18N4O3/c21-13-11-8-17-16(19-6-2-1-3-7-19)18-14(11)20(10-4-5-10)9-12(13)15(22)23/h8-10H,1-7H2,(H,22,23). The predicted octanol–water partition coefficient (Wildman–Crippen LogP) is 1.81. The van der Waals surface area contributed by atoms with Crippen LogP contribution in [0.1, 0.15) is 48.5 Å². The minimum Gasteiger partial charge on any atom is -0.477 e. The Morgan fingerprint density at radius 2 is 1.96 bits per heavy atom. The van der Waals surface area contributed by atoms with Gasteiger partial charge in [-0.05, 0) is 32.1 Å². The van der Waals surface area contributed by atoms with Crippen LogP contribution in [-0.4, -0.2) is 38.7 Å². The molecule has 120 valence electrons. The Labute approximate surface area is 132 Å². The Morgan fingerprint density at radius 3 is 2.61 bits per heavy atom. The molecule has 2 fully saturated rings. The van der Waals surface area contributed by atoms with E-state index >= 15 is 0 Å². The zero-order valence-electron chi connectivity index (χ0n) is 12.7. The van der Waals surface area contributed by atoms with Crippen molar-refractivity contribution in [2.45, 2.75) is 38.1 Å². The normalized spacial score (nSPS) is 18.3. The Kier molecular flexibility index (Phi) is 3.28. The summed E-state index contributed by atoms with van der Waals surface area (Å²) < 4.78 is 1.84. The highest BCUT2D eigenvalue weighted by Crippen LogP contribution is 2.36. The SMILES string of the molecule is O=C(O)c1cn(C2CC2)c2nc(N3CCCCC3)ncc2c1=O. The van der Waals surface area contributed by atoms with Crippen molar-refractivity contribution in [2.75, 3.05) is 18.0 Å². The van der Waals surface area contributed by atoms with E-state index in [2.05, 4.69) is 14.9 Å². The number of pyridine rings is 1. The Morgan fingerprint density at radius 1 is 1.22 bits per heavy atom. The van der Waals surface area contributed by atoms with Crippen molar-refractivity contribution in [1.82, 2.24) is 14.5 Å². The van der Waals surface area contributed by atoms with Crippen molar-refractivity contribution in [1.29, 1.82) is 0 Å². The molecule has 0 spiro atoms. The van der Waals surface area contributed by atoms with Gasteiger partial charge in [-0.2, -0.15) is 4.98 Å². The molecule has 2 aliphatic rings. The van der Waals surface area contributed by atoms with Crippen LogP contribution in [0.15, 0.2) is 17.2 Å². The molecule has 0 aromatic carbocycles. The highest BCUT2D eigenvalue weighted by atomic mass is 16.4. The van der Waals surface area contributed by atoms with Crippen LogP contribution in [-0.2, 0) is 0 Å². The molecule has 0 atom stereocenters. The van der Waals surface area contributed by atoms with Gasteiger partial charge in [-0.3, -0.25) is 4.79 Å². The summed E-state index contributed by atoms with van der Waals surface area (Å²) >= 11 is 0. The summed E-state index contributed by atoms with van der Waals surface area (Å²) in [5.41, 5.74) is -0.161. The van der Waals surface area contributed by atoms with E-state index in [0.29, 0.717) is 11.6 Å². The van der Waals surface area contributed by atoms with Gasteiger partial charge in [0.15, 0.2) is 0 Å². The first kappa shape index (κ1) is 14.2. The Bertz CT molecular complexity index is 835. The third-order valence-corrected chi connectivity index (χ3v) is 4.57. The number of aromatic nitrogens is 3. The molecule has 1 aliphatic heterocycles. The van der Waals surface area contributed by atoms with E-state index in [1.807, 2.05) is 4.57 Å². The lowest BCUT2D eigenvalue weighted by atomic mass is 10.1. The fraction of sp³-hybridized carbons (Fsp3) is 0.500. The highest BCUT2D eigenvalue weighted by molar-refractivity contribution is 5.91. The van der Waals surface area contributed by atoms with Crippen LogP contribution < -0.4 is 10.3 Å². The van der Waals surface area contributed by atoms with Crippen molar-refractivity contribution in [3.63, 3.8) is 0 Å². The summed E-state index contributed by atoms with van der Waals surface area (Å²) in [5.74, 6) is -0.569. The smallest absolute Gasteiger partial charge is 0.341 e. The Balaban J connectivity index is 1.89. The van der Waals surface area contributed by atoms with E-state index in [-0.39, 0.29) is 17.0 Å². The van der Waals surface area contributed by atoms with Crippen molar-refractivity contribution in [3.05, 3.63) is 28.2 Å². The third kappa shape index (κ3) is 2.46. The number of carbonyl (C=O) groups is 1. The molecule has 1 saturated carbocycles. The van der Waals surface area contributed by atoms with Crippen molar-refractivity contribution >= 4 is 23.0 Å². The first-order valence-electron chi connectivity index (χ1n) is 8.05. The van der Waals surface area contributed by atoms with E-state index in [1.54, 1.807) is 0 Å². The molecular weight excluding hydrogens is 296 g/mol. The minimum atomic E-state index is -1.20. The van der Waals surface area contributed by atoms with Gasteiger partial charge in [-0.1, -0.05) is 0 Å². The zero-order valence-corrected chi connectivity index (χ0v) is 12.7. The summed E-state index contributed by atoms with van der Waals surface area (Å²) in [6.45, 7) is 1.85. The maximum absolute atomic E-state index is 12.4. The predicted molar refractivity (Wildman–Crippen MR) is 85.1 cm³/mol. The van der Waals surface area contributed by atoms with Crippen LogP contribution in [0.2, 0.25) is 0 Å². The van der Waals surface area contributed by atoms with E-state index in [9.17, 15) is 14.7 Å². The van der Waals surface area contributed by atoms with Gasteiger partial charge in [0.05, 0.1) is 5.39 Å². The van der Waals surface area contributed by atoms with Crippen LogP contribution in [0.4, 0.5) is 5.95 Å². The van der Waals surface area contributed by atoms with Gasteiger partial charge in [0.1, 0.15) is 11.2 Å². The van der Waals surface area contributed by atoms with Crippen molar-refractivity contribution in [2.24, 2.45) is 0 Å². The number of piperidine rings is 1. The number of hydrogen-bond donors (Lipinski definition) is 1. The monoisotopic (exact) mass is 314 g/mol. The van der Waals surface area contributed by atoms with Crippen LogP contribution in [0.3, 0.4) is 0 Å². The number of carboxylic acids is 1. The molecule has 7 nitrogen and oxygen atoms in total. The van der Waals surface area contributed by atoms with Crippen LogP contribution >= 0.6 is 0 Å². The highest BCUT2D eigenvalue weighted by Gasteiger charge is 2.28. The van der Waals surface area contributed by atoms with E-state index < -0.39 is 11.4 Å². The number of carboxylic acid groups (broad SMARTS) is 1. The molecule has 0 bridgehead atoms. The maximum Gasteiger partial charge on any atom is 0.341 e. The molecule has 0 amide bonds. The number of anilines is 1. The topological polar surface area (TPSA) is 88.3 Å². The van der Waals surface area contributed by atoms with Crippen molar-refractivity contribution in [3.8, 4) is 0 Å². The first-order valence-corrected chi connectivity index (χ1v) is 8.05. The summed E-state index contributed by atoms with van der Waals surface area (Å²) in [6, 6.07) is 0.236. The fourth-order valence-electron chi connectivity index (χ4n) is 3.15. The number of rotatable bonds is 3. The van der Waals surface area contributed by atoms with Crippen LogP contribution in [0.25, 0.3) is 11.0 Å². The van der Waals surface area contributed by atoms with Gasteiger partial charge >= 0.3 is 5.97 Å². The molecule has 4 rings (SSSR count). The number of nitrogens with zero attached hydrogens (tertiary/aromatic N) is 4. The molecular formula is C16H18N4O3. The Hall–Kier alpha value is -2.44. The van der Waals surface area contributed by atoms with Crippen molar-refractivity contribution < 1.29 is 9.90 Å². The lowest BCUT2D eigenvalue weighted by Crippen LogP contribution is -2.31. The molecule has 3 heterocycles. The minimum absolute atomic E-state index is 0.210. The molecule has 1 aliphatic carbocycles. The maximum atomic E-state index is 12.4. The molecule has 2 aromatic rings. The summed E-state index contributed by atoms with van der Waals surface area (Å²) in [4.78, 5) is 34.7. The lowest BCUT2D eigenvalue weighted by Gasteiger charge is -2.26. The van der Waals surface area contributed by atoms with E-state index in [1.165, 1.54) is 18.8 Å². The molecule has 2 aromatic heterocycles. The fourth-order valence-corrected chi connectivity index (χ4v) is 3.15. The zero-order chi connectivity index (χ0) is 16.0. The van der Waals surface area contributed by atoms with Gasteiger partial charge in [0.2, 0.25) is 11.4 Å². The number of fused-ring (bicyclic) bond motifs is 1. The van der Waals surface area contributed by atoms with Gasteiger partial charge in [0.25, 0.3) is 0 Å². The average Bonchev–Trinajstić information content (AvgIpc) is 3.40. The third-order valence-electron chi connectivity index (χ3n) is 4.57. The molecule has 0 unspecified atom stereocenters. The van der Waals surface area contributed by atoms with E-state index in [0.717, 1.165) is 38.8 Å². The lowest BCUT2D eigenvalue weighted by molar-refractivity contribution is 0.0695. The quantitative estimate of drug-likeness (QED) is 0.929. The molecule has 7 heteroatoms. The first-order chi connectivity index (χ1) is 11.1. The van der Waals surface area contributed by atoms with E-state index in [4.69, 9.17) is 0 Å². The number of aromatic carboxylic acids is 1. The number of hydrogen-bond acceptors (Lipinski definition) is 5. The summed E-state index contributed by atoms with van der Waals surface area (Å²) in [6.07, 6.45) is 8.36. The largest absolute Gasteiger partial charge is 0.477 e. The molecule has 0 radical (unpaired) electrons.